The van der Waals surface area contributed by atoms with E-state index in [9.17, 15) is 0 Å². The molecule has 0 aromatic heterocycles. The molecule has 3 heteroatoms. The van der Waals surface area contributed by atoms with Crippen molar-refractivity contribution in [2.24, 2.45) is 0 Å². The lowest BCUT2D eigenvalue weighted by atomic mass is 9.95. The maximum absolute atomic E-state index is 5.98. The molecule has 0 atom stereocenters. The van der Waals surface area contributed by atoms with Gasteiger partial charge in [-0.3, -0.25) is 0 Å². The van der Waals surface area contributed by atoms with Gasteiger partial charge < -0.3 is 5.32 Å². The Morgan fingerprint density at radius 3 is 1.65 bits per heavy atom. The van der Waals surface area contributed by atoms with E-state index in [0.29, 0.717) is 0 Å². The van der Waals surface area contributed by atoms with Gasteiger partial charge in [-0.15, -0.1) is 0 Å². The monoisotopic (exact) mass is 529 g/mol. The van der Waals surface area contributed by atoms with Crippen molar-refractivity contribution in [3.63, 3.8) is 0 Å². The topological polar surface area (TPSA) is 12.0 Å². The van der Waals surface area contributed by atoms with Crippen molar-refractivity contribution in [2.45, 2.75) is 41.0 Å². The third kappa shape index (κ3) is 10.3. The Morgan fingerprint density at radius 2 is 1.19 bits per heavy atom. The fourth-order valence-corrected chi connectivity index (χ4v) is 3.72. The molecule has 4 rings (SSSR count). The van der Waals surface area contributed by atoms with Crippen LogP contribution >= 0.6 is 23.2 Å². The molecule has 0 aliphatic rings. The predicted molar refractivity (Wildman–Crippen MR) is 167 cm³/mol. The standard InChI is InChI=1S/C24H22ClN.C7H7Cl.C3H8/c1-4-18-14-20(24(5-2)19-8-6-17(3)7-9-19)16-23(15-18)26-22-12-10-21(25)11-13-22;1-6-2-4-7(8)5-3-6;1-3-2/h4-16,26H,1H2,2-3H3;2-5H,1H3;3H2,1-2H3/b24-5-;;. The zero-order chi connectivity index (χ0) is 27.2. The maximum Gasteiger partial charge on any atom is 0.0407 e. The Balaban J connectivity index is 0.000000365. The summed E-state index contributed by atoms with van der Waals surface area (Å²) >= 11 is 11.6. The predicted octanol–water partition coefficient (Wildman–Crippen LogP) is 11.6. The number of allylic oxidation sites excluding steroid dienone is 1. The molecule has 4 aromatic carbocycles. The summed E-state index contributed by atoms with van der Waals surface area (Å²) < 4.78 is 0. The molecule has 37 heavy (non-hydrogen) atoms. The van der Waals surface area contributed by atoms with E-state index in [1.165, 1.54) is 28.7 Å². The first-order valence-electron chi connectivity index (χ1n) is 12.6. The van der Waals surface area contributed by atoms with Crippen molar-refractivity contribution in [2.75, 3.05) is 5.32 Å². The van der Waals surface area contributed by atoms with E-state index in [4.69, 9.17) is 23.2 Å². The van der Waals surface area contributed by atoms with Crippen LogP contribution in [0.2, 0.25) is 10.0 Å². The second-order valence-electron chi connectivity index (χ2n) is 8.75. The molecule has 1 N–H and O–H groups in total. The number of aryl methyl sites for hydroxylation is 2. The van der Waals surface area contributed by atoms with Gasteiger partial charge >= 0.3 is 0 Å². The highest BCUT2D eigenvalue weighted by Gasteiger charge is 2.07. The van der Waals surface area contributed by atoms with E-state index >= 15 is 0 Å². The van der Waals surface area contributed by atoms with Crippen LogP contribution in [0.4, 0.5) is 11.4 Å². The zero-order valence-electron chi connectivity index (χ0n) is 22.5. The van der Waals surface area contributed by atoms with E-state index < -0.39 is 0 Å². The van der Waals surface area contributed by atoms with Gasteiger partial charge in [0.05, 0.1) is 0 Å². The number of halogens is 2. The van der Waals surface area contributed by atoms with Crippen molar-refractivity contribution in [1.82, 2.24) is 0 Å². The largest absolute Gasteiger partial charge is 0.355 e. The van der Waals surface area contributed by atoms with Crippen LogP contribution in [0, 0.1) is 13.8 Å². The number of rotatable bonds is 5. The summed E-state index contributed by atoms with van der Waals surface area (Å²) in [6.45, 7) is 14.4. The van der Waals surface area contributed by atoms with Gasteiger partial charge in [-0.2, -0.15) is 0 Å². The van der Waals surface area contributed by atoms with Gasteiger partial charge in [0, 0.05) is 21.4 Å². The quantitative estimate of drug-likeness (QED) is 0.271. The maximum atomic E-state index is 5.98. The van der Waals surface area contributed by atoms with Gasteiger partial charge in [0.1, 0.15) is 0 Å². The lowest BCUT2D eigenvalue weighted by Crippen LogP contribution is -1.95. The molecule has 192 valence electrons. The average Bonchev–Trinajstić information content (AvgIpc) is 2.89. The second kappa shape index (κ2) is 15.8. The van der Waals surface area contributed by atoms with E-state index in [2.05, 4.69) is 88.1 Å². The van der Waals surface area contributed by atoms with E-state index in [1.54, 1.807) is 0 Å². The van der Waals surface area contributed by atoms with Crippen LogP contribution in [0.5, 0.6) is 0 Å². The minimum absolute atomic E-state index is 0.728. The van der Waals surface area contributed by atoms with Crippen molar-refractivity contribution < 1.29 is 0 Å². The van der Waals surface area contributed by atoms with Gasteiger partial charge in [0.2, 0.25) is 0 Å². The van der Waals surface area contributed by atoms with Crippen molar-refractivity contribution in [3.05, 3.63) is 142 Å². The Bertz CT molecular complexity index is 1250. The molecule has 1 nitrogen and oxygen atoms in total. The summed E-state index contributed by atoms with van der Waals surface area (Å²) in [6.07, 6.45) is 5.28. The van der Waals surface area contributed by atoms with Gasteiger partial charge in [-0.05, 0) is 97.6 Å². The third-order valence-corrected chi connectivity index (χ3v) is 5.80. The SMILES string of the molecule is C=Cc1cc(Nc2ccc(Cl)cc2)cc(/C(=C\C)c2ccc(C)cc2)c1.CCC.Cc1ccc(Cl)cc1. The summed E-state index contributed by atoms with van der Waals surface area (Å²) in [5, 5.41) is 4.98. The van der Waals surface area contributed by atoms with Crippen LogP contribution < -0.4 is 5.32 Å². The minimum Gasteiger partial charge on any atom is -0.355 e. The van der Waals surface area contributed by atoms with Crippen molar-refractivity contribution in [1.29, 1.82) is 0 Å². The average molecular weight is 531 g/mol. The number of hydrogen-bond donors (Lipinski definition) is 1. The fraction of sp³-hybridized carbons (Fsp3) is 0.176. The van der Waals surface area contributed by atoms with Gasteiger partial charge in [-0.25, -0.2) is 0 Å². The first kappa shape index (κ1) is 30.0. The summed E-state index contributed by atoms with van der Waals surface area (Å²) in [5.74, 6) is 0. The van der Waals surface area contributed by atoms with Gasteiger partial charge in [0.25, 0.3) is 0 Å². The fourth-order valence-electron chi connectivity index (χ4n) is 3.46. The molecule has 0 saturated carbocycles. The lowest BCUT2D eigenvalue weighted by Gasteiger charge is -2.14. The molecule has 0 saturated heterocycles. The Labute approximate surface area is 233 Å². The van der Waals surface area contributed by atoms with Crippen LogP contribution in [0.1, 0.15) is 55.0 Å². The first-order valence-corrected chi connectivity index (χ1v) is 13.3. The van der Waals surface area contributed by atoms with Gasteiger partial charge in [0.15, 0.2) is 0 Å². The molecule has 0 bridgehead atoms. The van der Waals surface area contributed by atoms with Crippen LogP contribution in [0.15, 0.2) is 104 Å². The summed E-state index contributed by atoms with van der Waals surface area (Å²) in [7, 11) is 0. The Hall–Kier alpha value is -3.26. The van der Waals surface area contributed by atoms with Crippen LogP contribution in [0.25, 0.3) is 11.6 Å². The molecule has 0 unspecified atom stereocenters. The molecule has 0 fully saturated rings. The molecule has 0 amide bonds. The normalized spacial score (nSPS) is 10.4. The van der Waals surface area contributed by atoms with Crippen molar-refractivity contribution in [3.8, 4) is 0 Å². The molecular formula is C34H37Cl2N. The molecule has 4 aromatic rings. The molecule has 0 aliphatic carbocycles. The highest BCUT2D eigenvalue weighted by atomic mass is 35.5. The van der Waals surface area contributed by atoms with E-state index in [0.717, 1.165) is 32.5 Å². The van der Waals surface area contributed by atoms with E-state index in [-0.39, 0.29) is 0 Å². The summed E-state index contributed by atoms with van der Waals surface area (Å²) in [4.78, 5) is 0. The molecule has 0 spiro atoms. The molecule has 0 heterocycles. The Morgan fingerprint density at radius 1 is 0.703 bits per heavy atom. The first-order chi connectivity index (χ1) is 17.8. The van der Waals surface area contributed by atoms with E-state index in [1.807, 2.05) is 61.5 Å². The number of benzene rings is 4. The Kier molecular flexibility index (Phi) is 12.8. The minimum atomic E-state index is 0.728. The molecule has 0 radical (unpaired) electrons. The summed E-state index contributed by atoms with van der Waals surface area (Å²) in [6, 6.07) is 30.5. The third-order valence-electron chi connectivity index (χ3n) is 5.30. The number of hydrogen-bond acceptors (Lipinski definition) is 1. The zero-order valence-corrected chi connectivity index (χ0v) is 24.0. The molecular weight excluding hydrogens is 493 g/mol. The number of anilines is 2. The second-order valence-corrected chi connectivity index (χ2v) is 9.62. The highest BCUT2D eigenvalue weighted by molar-refractivity contribution is 6.30. The van der Waals surface area contributed by atoms with Gasteiger partial charge in [-0.1, -0.05) is 110 Å². The van der Waals surface area contributed by atoms with Crippen molar-refractivity contribution >= 4 is 46.2 Å². The lowest BCUT2D eigenvalue weighted by molar-refractivity contribution is 1.09. The van der Waals surface area contributed by atoms with Crippen LogP contribution in [-0.4, -0.2) is 0 Å². The van der Waals surface area contributed by atoms with Crippen LogP contribution in [0.3, 0.4) is 0 Å². The summed E-state index contributed by atoms with van der Waals surface area (Å²) in [5.41, 5.74) is 9.16. The highest BCUT2D eigenvalue weighted by Crippen LogP contribution is 2.29. The van der Waals surface area contributed by atoms with Crippen LogP contribution in [-0.2, 0) is 0 Å². The smallest absolute Gasteiger partial charge is 0.0407 e. The number of nitrogens with one attached hydrogen (secondary N) is 1. The molecule has 0 aliphatic heterocycles.